The van der Waals surface area contributed by atoms with E-state index in [9.17, 15) is 0 Å². The van der Waals surface area contributed by atoms with E-state index in [4.69, 9.17) is 5.73 Å². The van der Waals surface area contributed by atoms with Gasteiger partial charge in [-0.3, -0.25) is 0 Å². The fourth-order valence-electron chi connectivity index (χ4n) is 2.65. The van der Waals surface area contributed by atoms with Crippen molar-refractivity contribution >= 4 is 33.0 Å². The Labute approximate surface area is 128 Å². The average Bonchev–Trinajstić information content (AvgIpc) is 2.48. The van der Waals surface area contributed by atoms with Crippen molar-refractivity contribution in [1.29, 1.82) is 0 Å². The molecule has 0 aromatic heterocycles. The quantitative estimate of drug-likeness (QED) is 0.856. The fraction of sp³-hybridized carbons (Fsp3) is 0.250. The first kappa shape index (κ1) is 13.3. The summed E-state index contributed by atoms with van der Waals surface area (Å²) in [4.78, 5) is 4.78. The average molecular weight is 332 g/mol. The Morgan fingerprint density at radius 1 is 0.850 bits per heavy atom. The van der Waals surface area contributed by atoms with Crippen LogP contribution in [0, 0.1) is 0 Å². The summed E-state index contributed by atoms with van der Waals surface area (Å²) < 4.78 is 1.13. The molecule has 0 bridgehead atoms. The third-order valence-corrected chi connectivity index (χ3v) is 4.22. The van der Waals surface area contributed by atoms with Crippen molar-refractivity contribution in [1.82, 2.24) is 0 Å². The second kappa shape index (κ2) is 5.75. The third-order valence-electron chi connectivity index (χ3n) is 3.73. The minimum Gasteiger partial charge on any atom is -0.397 e. The van der Waals surface area contributed by atoms with E-state index in [2.05, 4.69) is 56.1 Å². The zero-order valence-electron chi connectivity index (χ0n) is 11.3. The molecule has 0 atom stereocenters. The highest BCUT2D eigenvalue weighted by atomic mass is 79.9. The van der Waals surface area contributed by atoms with Gasteiger partial charge >= 0.3 is 0 Å². The SMILES string of the molecule is Nc1ccccc1N1CCN(c2cccc(Br)c2)CC1. The van der Waals surface area contributed by atoms with Crippen LogP contribution < -0.4 is 15.5 Å². The predicted molar refractivity (Wildman–Crippen MR) is 89.4 cm³/mol. The van der Waals surface area contributed by atoms with Crippen LogP contribution >= 0.6 is 15.9 Å². The van der Waals surface area contributed by atoms with Crippen LogP contribution in [0.25, 0.3) is 0 Å². The predicted octanol–water partition coefficient (Wildman–Crippen LogP) is 3.36. The van der Waals surface area contributed by atoms with Gasteiger partial charge in [0.15, 0.2) is 0 Å². The van der Waals surface area contributed by atoms with Gasteiger partial charge < -0.3 is 15.5 Å². The van der Waals surface area contributed by atoms with Gasteiger partial charge in [0.05, 0.1) is 11.4 Å². The number of nitrogens with two attached hydrogens (primary N) is 1. The summed E-state index contributed by atoms with van der Waals surface area (Å²) in [5.41, 5.74) is 9.35. The molecule has 1 heterocycles. The number of hydrogen-bond donors (Lipinski definition) is 1. The Morgan fingerprint density at radius 3 is 2.25 bits per heavy atom. The molecule has 2 N–H and O–H groups in total. The van der Waals surface area contributed by atoms with Crippen molar-refractivity contribution < 1.29 is 0 Å². The first-order valence-corrected chi connectivity index (χ1v) is 7.63. The van der Waals surface area contributed by atoms with E-state index < -0.39 is 0 Å². The van der Waals surface area contributed by atoms with Crippen molar-refractivity contribution in [2.24, 2.45) is 0 Å². The number of hydrogen-bond acceptors (Lipinski definition) is 3. The summed E-state index contributed by atoms with van der Waals surface area (Å²) in [6.45, 7) is 4.04. The lowest BCUT2D eigenvalue weighted by Gasteiger charge is -2.37. The van der Waals surface area contributed by atoms with Crippen LogP contribution in [0.1, 0.15) is 0 Å². The molecule has 0 amide bonds. The maximum atomic E-state index is 6.06. The number of anilines is 3. The Bertz CT molecular complexity index is 592. The molecule has 2 aromatic rings. The van der Waals surface area contributed by atoms with Gasteiger partial charge in [-0.1, -0.05) is 34.1 Å². The third kappa shape index (κ3) is 2.75. The normalized spacial score (nSPS) is 15.4. The molecule has 1 fully saturated rings. The zero-order chi connectivity index (χ0) is 13.9. The molecule has 4 heteroatoms. The highest BCUT2D eigenvalue weighted by Gasteiger charge is 2.18. The molecule has 3 nitrogen and oxygen atoms in total. The molecular formula is C16H18BrN3. The molecule has 104 valence electrons. The summed E-state index contributed by atoms with van der Waals surface area (Å²) in [5, 5.41) is 0. The first-order valence-electron chi connectivity index (χ1n) is 6.84. The topological polar surface area (TPSA) is 32.5 Å². The molecule has 0 saturated carbocycles. The largest absolute Gasteiger partial charge is 0.397 e. The minimum atomic E-state index is 0.864. The van der Waals surface area contributed by atoms with Gasteiger partial charge in [-0.25, -0.2) is 0 Å². The fourth-order valence-corrected chi connectivity index (χ4v) is 3.04. The van der Waals surface area contributed by atoms with Crippen molar-refractivity contribution in [2.75, 3.05) is 41.7 Å². The lowest BCUT2D eigenvalue weighted by Crippen LogP contribution is -2.46. The molecule has 0 unspecified atom stereocenters. The molecule has 1 aliphatic rings. The summed E-state index contributed by atoms with van der Waals surface area (Å²) in [6.07, 6.45) is 0. The van der Waals surface area contributed by atoms with Crippen LogP contribution in [0.5, 0.6) is 0 Å². The smallest absolute Gasteiger partial charge is 0.0601 e. The van der Waals surface area contributed by atoms with E-state index in [0.29, 0.717) is 0 Å². The van der Waals surface area contributed by atoms with Crippen molar-refractivity contribution in [2.45, 2.75) is 0 Å². The Morgan fingerprint density at radius 2 is 1.55 bits per heavy atom. The second-order valence-electron chi connectivity index (χ2n) is 5.01. The summed E-state index contributed by atoms with van der Waals surface area (Å²) in [6, 6.07) is 16.6. The van der Waals surface area contributed by atoms with E-state index >= 15 is 0 Å². The highest BCUT2D eigenvalue weighted by Crippen LogP contribution is 2.26. The molecule has 1 saturated heterocycles. The van der Waals surface area contributed by atoms with E-state index in [0.717, 1.165) is 42.0 Å². The molecule has 2 aromatic carbocycles. The van der Waals surface area contributed by atoms with Gasteiger partial charge in [-0.05, 0) is 30.3 Å². The molecule has 20 heavy (non-hydrogen) atoms. The first-order chi connectivity index (χ1) is 9.74. The van der Waals surface area contributed by atoms with Crippen molar-refractivity contribution in [3.05, 3.63) is 53.0 Å². The summed E-state index contributed by atoms with van der Waals surface area (Å²) in [7, 11) is 0. The summed E-state index contributed by atoms with van der Waals surface area (Å²) in [5.74, 6) is 0. The zero-order valence-corrected chi connectivity index (χ0v) is 12.9. The van der Waals surface area contributed by atoms with E-state index in [1.807, 2.05) is 18.2 Å². The van der Waals surface area contributed by atoms with Crippen LogP contribution in [0.2, 0.25) is 0 Å². The van der Waals surface area contributed by atoms with E-state index in [1.165, 1.54) is 5.69 Å². The Kier molecular flexibility index (Phi) is 3.83. The maximum absolute atomic E-state index is 6.06. The lowest BCUT2D eigenvalue weighted by molar-refractivity contribution is 0.654. The van der Waals surface area contributed by atoms with Gasteiger partial charge in [0.25, 0.3) is 0 Å². The van der Waals surface area contributed by atoms with Gasteiger partial charge in [-0.2, -0.15) is 0 Å². The lowest BCUT2D eigenvalue weighted by atomic mass is 10.2. The number of nitrogen functional groups attached to an aromatic ring is 1. The molecule has 0 radical (unpaired) electrons. The van der Waals surface area contributed by atoms with Crippen molar-refractivity contribution in [3.63, 3.8) is 0 Å². The Balaban J connectivity index is 1.70. The van der Waals surface area contributed by atoms with Gasteiger partial charge in [0.1, 0.15) is 0 Å². The maximum Gasteiger partial charge on any atom is 0.0601 e. The molecular weight excluding hydrogens is 314 g/mol. The van der Waals surface area contributed by atoms with Crippen LogP contribution in [0.3, 0.4) is 0 Å². The Hall–Kier alpha value is -1.68. The number of nitrogens with zero attached hydrogens (tertiary/aromatic N) is 2. The number of rotatable bonds is 2. The monoisotopic (exact) mass is 331 g/mol. The van der Waals surface area contributed by atoms with Gasteiger partial charge in [0.2, 0.25) is 0 Å². The highest BCUT2D eigenvalue weighted by molar-refractivity contribution is 9.10. The van der Waals surface area contributed by atoms with Gasteiger partial charge in [0, 0.05) is 36.3 Å². The molecule has 3 rings (SSSR count). The molecule has 1 aliphatic heterocycles. The number of para-hydroxylation sites is 2. The molecule has 0 spiro atoms. The molecule has 0 aliphatic carbocycles. The number of piperazine rings is 1. The van der Waals surface area contributed by atoms with Crippen LogP contribution in [-0.2, 0) is 0 Å². The standard InChI is InChI=1S/C16H18BrN3/c17-13-4-3-5-14(12-13)19-8-10-20(11-9-19)16-7-2-1-6-15(16)18/h1-7,12H,8-11,18H2. The van der Waals surface area contributed by atoms with Gasteiger partial charge in [-0.15, -0.1) is 0 Å². The summed E-state index contributed by atoms with van der Waals surface area (Å²) >= 11 is 3.53. The van der Waals surface area contributed by atoms with E-state index in [-0.39, 0.29) is 0 Å². The van der Waals surface area contributed by atoms with Crippen LogP contribution in [-0.4, -0.2) is 26.2 Å². The minimum absolute atomic E-state index is 0.864. The van der Waals surface area contributed by atoms with Crippen LogP contribution in [0.15, 0.2) is 53.0 Å². The number of halogens is 1. The van der Waals surface area contributed by atoms with E-state index in [1.54, 1.807) is 0 Å². The van der Waals surface area contributed by atoms with Crippen molar-refractivity contribution in [3.8, 4) is 0 Å². The number of benzene rings is 2. The second-order valence-corrected chi connectivity index (χ2v) is 5.93. The van der Waals surface area contributed by atoms with Crippen LogP contribution in [0.4, 0.5) is 17.1 Å².